The van der Waals surface area contributed by atoms with E-state index in [1.165, 1.54) is 31.4 Å². The highest BCUT2D eigenvalue weighted by atomic mass is 19.4. The number of methoxy groups -OCH3 is 1. The smallest absolute Gasteiger partial charge is 0.405 e. The zero-order valence-corrected chi connectivity index (χ0v) is 9.20. The van der Waals surface area contributed by atoms with E-state index >= 15 is 0 Å². The van der Waals surface area contributed by atoms with Crippen LogP contribution in [0.2, 0.25) is 0 Å². The van der Waals surface area contributed by atoms with Gasteiger partial charge in [-0.05, 0) is 6.07 Å². The zero-order valence-electron chi connectivity index (χ0n) is 9.20. The van der Waals surface area contributed by atoms with Crippen LogP contribution in [-0.4, -0.2) is 25.2 Å². The summed E-state index contributed by atoms with van der Waals surface area (Å²) in [6.45, 7) is 0.252. The number of rotatable bonds is 5. The standard InChI is InChI=1S/C11H13F3O3/c1-16-7-6-9(15)8-4-2-3-5-10(8)17-11(12,13)14/h2-5,9,15H,6-7H2,1H3. The molecule has 0 aliphatic carbocycles. The van der Waals surface area contributed by atoms with Crippen LogP contribution in [0.1, 0.15) is 18.1 Å². The molecular formula is C11H13F3O3. The zero-order chi connectivity index (χ0) is 12.9. The maximum absolute atomic E-state index is 12.1. The van der Waals surface area contributed by atoms with Gasteiger partial charge in [0.05, 0.1) is 6.10 Å². The minimum absolute atomic E-state index is 0.0990. The number of para-hydroxylation sites is 1. The van der Waals surface area contributed by atoms with Gasteiger partial charge in [-0.15, -0.1) is 13.2 Å². The number of hydrogen-bond acceptors (Lipinski definition) is 3. The molecule has 1 atom stereocenters. The van der Waals surface area contributed by atoms with Gasteiger partial charge in [-0.2, -0.15) is 0 Å². The number of aliphatic hydroxyl groups excluding tert-OH is 1. The van der Waals surface area contributed by atoms with Crippen molar-refractivity contribution < 1.29 is 27.8 Å². The van der Waals surface area contributed by atoms with Crippen LogP contribution >= 0.6 is 0 Å². The summed E-state index contributed by atoms with van der Waals surface area (Å²) >= 11 is 0. The summed E-state index contributed by atoms with van der Waals surface area (Å²) in [5, 5.41) is 9.70. The van der Waals surface area contributed by atoms with Crippen molar-refractivity contribution in [3.63, 3.8) is 0 Å². The maximum atomic E-state index is 12.1. The van der Waals surface area contributed by atoms with Crippen molar-refractivity contribution in [3.05, 3.63) is 29.8 Å². The van der Waals surface area contributed by atoms with Gasteiger partial charge in [0.25, 0.3) is 0 Å². The van der Waals surface area contributed by atoms with E-state index in [0.717, 1.165) is 0 Å². The van der Waals surface area contributed by atoms with E-state index in [-0.39, 0.29) is 24.3 Å². The van der Waals surface area contributed by atoms with Crippen molar-refractivity contribution in [2.75, 3.05) is 13.7 Å². The lowest BCUT2D eigenvalue weighted by Gasteiger charge is -2.16. The first-order chi connectivity index (χ1) is 7.94. The molecule has 0 radical (unpaired) electrons. The van der Waals surface area contributed by atoms with Gasteiger partial charge in [0.1, 0.15) is 5.75 Å². The number of hydrogen-bond donors (Lipinski definition) is 1. The summed E-state index contributed by atoms with van der Waals surface area (Å²) < 4.78 is 44.9. The monoisotopic (exact) mass is 250 g/mol. The molecule has 0 aliphatic rings. The molecule has 0 aromatic heterocycles. The van der Waals surface area contributed by atoms with E-state index < -0.39 is 12.5 Å². The lowest BCUT2D eigenvalue weighted by atomic mass is 10.1. The molecule has 1 N–H and O–H groups in total. The Morgan fingerprint density at radius 2 is 1.94 bits per heavy atom. The highest BCUT2D eigenvalue weighted by Crippen LogP contribution is 2.31. The van der Waals surface area contributed by atoms with Crippen molar-refractivity contribution in [1.29, 1.82) is 0 Å². The molecule has 3 nitrogen and oxygen atoms in total. The SMILES string of the molecule is COCCC(O)c1ccccc1OC(F)(F)F. The van der Waals surface area contributed by atoms with Crippen LogP contribution in [0.3, 0.4) is 0 Å². The van der Waals surface area contributed by atoms with Gasteiger partial charge in [0.15, 0.2) is 0 Å². The highest BCUT2D eigenvalue weighted by molar-refractivity contribution is 5.35. The third kappa shape index (κ3) is 4.62. The summed E-state index contributed by atoms with van der Waals surface area (Å²) in [6, 6.07) is 5.50. The fourth-order valence-corrected chi connectivity index (χ4v) is 1.36. The minimum Gasteiger partial charge on any atom is -0.405 e. The van der Waals surface area contributed by atoms with E-state index in [2.05, 4.69) is 4.74 Å². The fraction of sp³-hybridized carbons (Fsp3) is 0.455. The highest BCUT2D eigenvalue weighted by Gasteiger charge is 2.32. The molecule has 1 aromatic carbocycles. The van der Waals surface area contributed by atoms with Crippen molar-refractivity contribution in [1.82, 2.24) is 0 Å². The maximum Gasteiger partial charge on any atom is 0.573 e. The first-order valence-electron chi connectivity index (χ1n) is 4.95. The molecular weight excluding hydrogens is 237 g/mol. The Morgan fingerprint density at radius 1 is 1.29 bits per heavy atom. The molecule has 1 unspecified atom stereocenters. The minimum atomic E-state index is -4.77. The van der Waals surface area contributed by atoms with Gasteiger partial charge in [-0.25, -0.2) is 0 Å². The first kappa shape index (κ1) is 13.8. The average molecular weight is 250 g/mol. The van der Waals surface area contributed by atoms with E-state index in [4.69, 9.17) is 4.74 Å². The topological polar surface area (TPSA) is 38.7 Å². The predicted molar refractivity (Wildman–Crippen MR) is 54.6 cm³/mol. The summed E-state index contributed by atoms with van der Waals surface area (Å²) in [5.41, 5.74) is 0.0990. The Labute approximate surface area is 96.8 Å². The second kappa shape index (κ2) is 5.88. The molecule has 96 valence electrons. The first-order valence-corrected chi connectivity index (χ1v) is 4.95. The molecule has 0 aliphatic heterocycles. The van der Waals surface area contributed by atoms with E-state index in [1.54, 1.807) is 0 Å². The summed E-state index contributed by atoms with van der Waals surface area (Å²) in [5.74, 6) is -0.386. The second-order valence-electron chi connectivity index (χ2n) is 3.38. The van der Waals surface area contributed by atoms with E-state index in [9.17, 15) is 18.3 Å². The van der Waals surface area contributed by atoms with Crippen LogP contribution in [0.4, 0.5) is 13.2 Å². The molecule has 0 amide bonds. The molecule has 6 heteroatoms. The summed E-state index contributed by atoms with van der Waals surface area (Å²) in [4.78, 5) is 0. The number of alkyl halides is 3. The van der Waals surface area contributed by atoms with Crippen LogP contribution in [0, 0.1) is 0 Å². The van der Waals surface area contributed by atoms with Crippen molar-refractivity contribution in [2.45, 2.75) is 18.9 Å². The molecule has 1 aromatic rings. The summed E-state index contributed by atoms with van der Waals surface area (Å²) in [7, 11) is 1.45. The number of ether oxygens (including phenoxy) is 2. The molecule has 17 heavy (non-hydrogen) atoms. The van der Waals surface area contributed by atoms with Crippen molar-refractivity contribution >= 4 is 0 Å². The Hall–Kier alpha value is -1.27. The molecule has 0 saturated heterocycles. The van der Waals surface area contributed by atoms with Crippen molar-refractivity contribution in [3.8, 4) is 5.75 Å². The van der Waals surface area contributed by atoms with Crippen LogP contribution < -0.4 is 4.74 Å². The van der Waals surface area contributed by atoms with Gasteiger partial charge in [-0.3, -0.25) is 0 Å². The number of benzene rings is 1. The molecule has 0 spiro atoms. The van der Waals surface area contributed by atoms with Gasteiger partial charge < -0.3 is 14.6 Å². The lowest BCUT2D eigenvalue weighted by molar-refractivity contribution is -0.275. The Kier molecular flexibility index (Phi) is 4.77. The van der Waals surface area contributed by atoms with Crippen LogP contribution in [0.15, 0.2) is 24.3 Å². The van der Waals surface area contributed by atoms with Crippen molar-refractivity contribution in [2.24, 2.45) is 0 Å². The normalized spacial score (nSPS) is 13.5. The average Bonchev–Trinajstić information content (AvgIpc) is 2.24. The van der Waals surface area contributed by atoms with Crippen LogP contribution in [-0.2, 0) is 4.74 Å². The van der Waals surface area contributed by atoms with E-state index in [1.807, 2.05) is 0 Å². The lowest BCUT2D eigenvalue weighted by Crippen LogP contribution is -2.18. The van der Waals surface area contributed by atoms with Gasteiger partial charge in [-0.1, -0.05) is 18.2 Å². The Morgan fingerprint density at radius 3 is 2.53 bits per heavy atom. The summed E-state index contributed by atoms with van der Waals surface area (Å²) in [6.07, 6.45) is -5.61. The molecule has 1 rings (SSSR count). The quantitative estimate of drug-likeness (QED) is 0.873. The Bertz CT molecular complexity index is 352. The number of halogens is 3. The second-order valence-corrected chi connectivity index (χ2v) is 3.38. The number of aliphatic hydroxyl groups is 1. The molecule has 0 fully saturated rings. The van der Waals surface area contributed by atoms with E-state index in [0.29, 0.717) is 0 Å². The predicted octanol–water partition coefficient (Wildman–Crippen LogP) is 2.66. The fourth-order valence-electron chi connectivity index (χ4n) is 1.36. The third-order valence-electron chi connectivity index (χ3n) is 2.10. The molecule has 0 heterocycles. The largest absolute Gasteiger partial charge is 0.573 e. The van der Waals surface area contributed by atoms with Gasteiger partial charge in [0.2, 0.25) is 0 Å². The molecule has 0 saturated carbocycles. The molecule has 0 bridgehead atoms. The Balaban J connectivity index is 2.83. The van der Waals surface area contributed by atoms with Crippen LogP contribution in [0.5, 0.6) is 5.75 Å². The van der Waals surface area contributed by atoms with Gasteiger partial charge >= 0.3 is 6.36 Å². The van der Waals surface area contributed by atoms with Gasteiger partial charge in [0, 0.05) is 25.7 Å². The van der Waals surface area contributed by atoms with Crippen LogP contribution in [0.25, 0.3) is 0 Å². The third-order valence-corrected chi connectivity index (χ3v) is 2.10.